The molecule has 0 fully saturated rings. The third-order valence-corrected chi connectivity index (χ3v) is 3.13. The molecule has 0 saturated heterocycles. The molecule has 3 heteroatoms. The fraction of sp³-hybridized carbons (Fsp3) is 0.267. The second-order valence-electron chi connectivity index (χ2n) is 3.95. The van der Waals surface area contributed by atoms with Crippen molar-refractivity contribution in [2.24, 2.45) is 5.10 Å². The van der Waals surface area contributed by atoms with E-state index in [4.69, 9.17) is 0 Å². The van der Waals surface area contributed by atoms with Crippen molar-refractivity contribution in [3.63, 3.8) is 0 Å². The minimum Gasteiger partial charge on any atom is -0.314 e. The molecule has 1 N–H and O–H groups in total. The number of nitrogens with zero attached hydrogens (tertiary/aromatic N) is 1. The lowest BCUT2D eigenvalue weighted by molar-refractivity contribution is 0.913. The number of hydrogen-bond donors (Lipinski definition) is 1. The molecule has 0 amide bonds. The number of thioether (sulfide) groups is 1. The molecular weight excluding hydrogens is 240 g/mol. The quantitative estimate of drug-likeness (QED) is 0.491. The van der Waals surface area contributed by atoms with Crippen molar-refractivity contribution in [1.29, 1.82) is 0 Å². The van der Waals surface area contributed by atoms with Crippen LogP contribution in [0.1, 0.15) is 25.0 Å². The van der Waals surface area contributed by atoms with Gasteiger partial charge in [0.2, 0.25) is 0 Å². The monoisotopic (exact) mass is 262 g/mol. The van der Waals surface area contributed by atoms with E-state index in [-0.39, 0.29) is 0 Å². The molecule has 0 aliphatic heterocycles. The predicted molar refractivity (Wildman–Crippen MR) is 85.2 cm³/mol. The van der Waals surface area contributed by atoms with E-state index in [0.717, 1.165) is 10.5 Å². The van der Waals surface area contributed by atoms with Crippen LogP contribution in [0, 0.1) is 6.92 Å². The van der Waals surface area contributed by atoms with E-state index in [1.54, 1.807) is 18.8 Å². The lowest BCUT2D eigenvalue weighted by Crippen LogP contribution is -1.88. The van der Waals surface area contributed by atoms with Crippen LogP contribution in [0.2, 0.25) is 0 Å². The van der Waals surface area contributed by atoms with Crippen LogP contribution in [0.3, 0.4) is 0 Å². The summed E-state index contributed by atoms with van der Waals surface area (Å²) < 4.78 is 0. The summed E-state index contributed by atoms with van der Waals surface area (Å²) in [7, 11) is 1.70. The van der Waals surface area contributed by atoms with E-state index in [1.807, 2.05) is 13.8 Å². The molecule has 0 unspecified atom stereocenters. The molecule has 0 bridgehead atoms. The third-order valence-electron chi connectivity index (χ3n) is 2.12. The van der Waals surface area contributed by atoms with Crippen LogP contribution in [0.15, 0.2) is 46.3 Å². The number of hydrogen-bond acceptors (Lipinski definition) is 3. The fourth-order valence-corrected chi connectivity index (χ4v) is 1.95. The Morgan fingerprint density at radius 3 is 2.22 bits per heavy atom. The molecule has 0 atom stereocenters. The Hall–Kier alpha value is -1.48. The molecule has 1 aromatic carbocycles. The zero-order valence-corrected chi connectivity index (χ0v) is 12.5. The maximum Gasteiger partial charge on any atom is 0.0216 e. The lowest BCUT2D eigenvalue weighted by Gasteiger charge is -2.07. The molecule has 1 aromatic rings. The van der Waals surface area contributed by atoms with E-state index in [1.165, 1.54) is 16.0 Å². The molecular formula is C15H22N2S. The molecule has 0 aliphatic rings. The molecule has 18 heavy (non-hydrogen) atoms. The van der Waals surface area contributed by atoms with Crippen LogP contribution in [0.4, 0.5) is 0 Å². The summed E-state index contributed by atoms with van der Waals surface area (Å²) in [5.41, 5.74) is 6.05. The number of nitrogens with one attached hydrogen (secondary N) is 1. The summed E-state index contributed by atoms with van der Waals surface area (Å²) >= 11 is 1.72. The largest absolute Gasteiger partial charge is 0.314 e. The Balaban J connectivity index is 0.000000631. The first-order valence-corrected chi connectivity index (χ1v) is 6.46. The van der Waals surface area contributed by atoms with Crippen molar-refractivity contribution in [3.8, 4) is 0 Å². The second-order valence-corrected chi connectivity index (χ2v) is 5.29. The van der Waals surface area contributed by atoms with Crippen molar-refractivity contribution in [2.45, 2.75) is 25.7 Å². The maximum atomic E-state index is 3.94. The smallest absolute Gasteiger partial charge is 0.0216 e. The van der Waals surface area contributed by atoms with E-state index in [0.29, 0.717) is 0 Å². The van der Waals surface area contributed by atoms with Gasteiger partial charge in [-0.1, -0.05) is 42.6 Å². The Morgan fingerprint density at radius 2 is 1.83 bits per heavy atom. The van der Waals surface area contributed by atoms with Crippen LogP contribution in [-0.2, 0) is 0 Å². The third kappa shape index (κ3) is 6.30. The molecule has 0 saturated carbocycles. The zero-order chi connectivity index (χ0) is 14.1. The van der Waals surface area contributed by atoms with Crippen LogP contribution in [-0.4, -0.2) is 13.8 Å². The van der Waals surface area contributed by atoms with Gasteiger partial charge in [0, 0.05) is 18.7 Å². The number of allylic oxidation sites excluding steroid dienone is 2. The topological polar surface area (TPSA) is 24.4 Å². The maximum absolute atomic E-state index is 3.94. The summed E-state index contributed by atoms with van der Waals surface area (Å²) in [6.07, 6.45) is 0. The second kappa shape index (κ2) is 8.59. The predicted octanol–water partition coefficient (Wildman–Crippen LogP) is 4.48. The average molecular weight is 262 g/mol. The van der Waals surface area contributed by atoms with E-state index in [9.17, 15) is 0 Å². The lowest BCUT2D eigenvalue weighted by atomic mass is 10.1. The van der Waals surface area contributed by atoms with Crippen molar-refractivity contribution in [2.75, 3.05) is 7.05 Å². The molecule has 2 nitrogen and oxygen atoms in total. The first-order valence-electron chi connectivity index (χ1n) is 5.64. The van der Waals surface area contributed by atoms with Gasteiger partial charge in [-0.05, 0) is 42.9 Å². The highest BCUT2D eigenvalue weighted by molar-refractivity contribution is 8.03. The molecule has 0 heterocycles. The molecule has 0 radical (unpaired) electrons. The number of benzene rings is 1. The van der Waals surface area contributed by atoms with Gasteiger partial charge < -0.3 is 5.43 Å². The fourth-order valence-electron chi connectivity index (χ4n) is 1.16. The van der Waals surface area contributed by atoms with Crippen LogP contribution < -0.4 is 5.43 Å². The summed E-state index contributed by atoms with van der Waals surface area (Å²) in [6, 6.07) is 6.42. The Morgan fingerprint density at radius 1 is 1.28 bits per heavy atom. The number of rotatable bonds is 4. The summed E-state index contributed by atoms with van der Waals surface area (Å²) in [4.78, 5) is 2.39. The molecule has 0 aromatic heterocycles. The van der Waals surface area contributed by atoms with Crippen LogP contribution >= 0.6 is 11.8 Å². The van der Waals surface area contributed by atoms with Gasteiger partial charge in [-0.15, -0.1) is 0 Å². The minimum atomic E-state index is 1.11. The van der Waals surface area contributed by atoms with E-state index in [2.05, 4.69) is 55.5 Å². The molecule has 0 aliphatic carbocycles. The van der Waals surface area contributed by atoms with Gasteiger partial charge in [0.1, 0.15) is 0 Å². The van der Waals surface area contributed by atoms with E-state index < -0.39 is 0 Å². The highest BCUT2D eigenvalue weighted by Gasteiger charge is 2.01. The Labute approximate surface area is 115 Å². The summed E-state index contributed by atoms with van der Waals surface area (Å²) in [5, 5.41) is 3.24. The number of hydrazone groups is 1. The van der Waals surface area contributed by atoms with Crippen molar-refractivity contribution in [1.82, 2.24) is 5.43 Å². The summed E-state index contributed by atoms with van der Waals surface area (Å²) in [5.74, 6) is 0. The first-order chi connectivity index (χ1) is 8.42. The number of aryl methyl sites for hydroxylation is 1. The highest BCUT2D eigenvalue weighted by Crippen LogP contribution is 2.30. The van der Waals surface area contributed by atoms with Crippen molar-refractivity contribution in [3.05, 3.63) is 47.4 Å². The van der Waals surface area contributed by atoms with Gasteiger partial charge in [-0.3, -0.25) is 0 Å². The average Bonchev–Trinajstić information content (AvgIpc) is 2.31. The molecule has 1 rings (SSSR count). The van der Waals surface area contributed by atoms with E-state index >= 15 is 0 Å². The van der Waals surface area contributed by atoms with Crippen LogP contribution in [0.5, 0.6) is 0 Å². The van der Waals surface area contributed by atoms with Crippen molar-refractivity contribution >= 4 is 24.1 Å². The zero-order valence-electron chi connectivity index (χ0n) is 11.7. The first kappa shape index (κ1) is 16.5. The van der Waals surface area contributed by atoms with Gasteiger partial charge in [0.15, 0.2) is 0 Å². The van der Waals surface area contributed by atoms with Gasteiger partial charge >= 0.3 is 0 Å². The normalized spacial score (nSPS) is 8.89. The summed E-state index contributed by atoms with van der Waals surface area (Å²) in [6.45, 7) is 17.1. The molecule has 98 valence electrons. The Kier molecular flexibility index (Phi) is 7.88. The van der Waals surface area contributed by atoms with Gasteiger partial charge in [-0.2, -0.15) is 5.10 Å². The van der Waals surface area contributed by atoms with Crippen LogP contribution in [0.25, 0.3) is 5.57 Å². The van der Waals surface area contributed by atoms with Crippen molar-refractivity contribution < 1.29 is 0 Å². The SMILES string of the molecule is C=C(C)Sc1cc(C(=C)C)ccc1C.C=NNC. The van der Waals surface area contributed by atoms with Gasteiger partial charge in [0.25, 0.3) is 0 Å². The Bertz CT molecular complexity index is 436. The van der Waals surface area contributed by atoms with Gasteiger partial charge in [0.05, 0.1) is 0 Å². The van der Waals surface area contributed by atoms with Gasteiger partial charge in [-0.25, -0.2) is 0 Å². The minimum absolute atomic E-state index is 1.11. The highest BCUT2D eigenvalue weighted by atomic mass is 32.2. The molecule has 0 spiro atoms. The standard InChI is InChI=1S/C13H16S.C2H6N2/c1-9(2)12-7-6-11(5)13(8-12)14-10(3)4;1-3-4-2/h6-8H,1,3H2,2,4-5H3;4H,1H2,2H3.